The maximum absolute atomic E-state index is 12.7. The lowest BCUT2D eigenvalue weighted by molar-refractivity contribution is -0.144. The van der Waals surface area contributed by atoms with E-state index in [1.807, 2.05) is 11.8 Å². The van der Waals surface area contributed by atoms with Gasteiger partial charge in [0.05, 0.1) is 5.41 Å². The predicted molar refractivity (Wildman–Crippen MR) is 75.0 cm³/mol. The zero-order valence-corrected chi connectivity index (χ0v) is 12.1. The number of likely N-dealkylation sites (tertiary alicyclic amines) is 1. The zero-order chi connectivity index (χ0) is 13.8. The standard InChI is InChI=1S/C14H29N3O/c1-4-14(5-2,10-15)13(18)17-8-6-7-12(9-17)11(3)16/h11-12H,4-10,15-16H2,1-3H3. The van der Waals surface area contributed by atoms with Gasteiger partial charge in [-0.25, -0.2) is 0 Å². The SMILES string of the molecule is CCC(CC)(CN)C(=O)N1CCCC(C(C)N)C1. The summed E-state index contributed by atoms with van der Waals surface area (Å²) < 4.78 is 0. The minimum absolute atomic E-state index is 0.163. The van der Waals surface area contributed by atoms with Crippen molar-refractivity contribution in [3.8, 4) is 0 Å². The molecule has 1 amide bonds. The maximum atomic E-state index is 12.7. The summed E-state index contributed by atoms with van der Waals surface area (Å²) in [5.74, 6) is 0.673. The van der Waals surface area contributed by atoms with Crippen molar-refractivity contribution in [3.05, 3.63) is 0 Å². The fourth-order valence-corrected chi connectivity index (χ4v) is 2.89. The van der Waals surface area contributed by atoms with Gasteiger partial charge in [0.1, 0.15) is 0 Å². The van der Waals surface area contributed by atoms with E-state index in [0.717, 1.165) is 38.8 Å². The molecule has 0 aromatic heterocycles. The molecule has 1 fully saturated rings. The summed E-state index contributed by atoms with van der Waals surface area (Å²) in [6.07, 6.45) is 3.83. The number of hydrogen-bond donors (Lipinski definition) is 2. The number of piperidine rings is 1. The minimum atomic E-state index is -0.361. The fourth-order valence-electron chi connectivity index (χ4n) is 2.89. The van der Waals surface area contributed by atoms with Gasteiger partial charge in [-0.1, -0.05) is 13.8 Å². The first-order valence-corrected chi connectivity index (χ1v) is 7.25. The van der Waals surface area contributed by atoms with Crippen LogP contribution in [0.3, 0.4) is 0 Å². The molecule has 4 nitrogen and oxygen atoms in total. The molecule has 18 heavy (non-hydrogen) atoms. The van der Waals surface area contributed by atoms with Crippen LogP contribution in [0, 0.1) is 11.3 Å². The van der Waals surface area contributed by atoms with Gasteiger partial charge in [-0.3, -0.25) is 4.79 Å². The second-order valence-corrected chi connectivity index (χ2v) is 5.70. The summed E-state index contributed by atoms with van der Waals surface area (Å²) in [6.45, 7) is 8.26. The first-order chi connectivity index (χ1) is 8.50. The molecule has 1 aliphatic rings. The number of hydrogen-bond acceptors (Lipinski definition) is 3. The molecule has 0 aromatic rings. The Balaban J connectivity index is 2.76. The minimum Gasteiger partial charge on any atom is -0.342 e. The molecule has 0 bridgehead atoms. The molecule has 4 heteroatoms. The summed E-state index contributed by atoms with van der Waals surface area (Å²) in [5.41, 5.74) is 11.5. The van der Waals surface area contributed by atoms with E-state index in [2.05, 4.69) is 13.8 Å². The first kappa shape index (κ1) is 15.4. The van der Waals surface area contributed by atoms with Crippen LogP contribution < -0.4 is 11.5 Å². The highest BCUT2D eigenvalue weighted by Crippen LogP contribution is 2.30. The number of rotatable bonds is 5. The van der Waals surface area contributed by atoms with Crippen molar-refractivity contribution in [2.45, 2.75) is 52.5 Å². The second-order valence-electron chi connectivity index (χ2n) is 5.70. The molecule has 0 radical (unpaired) electrons. The van der Waals surface area contributed by atoms with E-state index in [1.54, 1.807) is 0 Å². The molecule has 1 saturated heterocycles. The highest BCUT2D eigenvalue weighted by molar-refractivity contribution is 5.83. The Labute approximate surface area is 111 Å². The molecule has 0 spiro atoms. The van der Waals surface area contributed by atoms with Crippen LogP contribution in [0.15, 0.2) is 0 Å². The molecule has 1 heterocycles. The van der Waals surface area contributed by atoms with Crippen LogP contribution in [0.1, 0.15) is 46.5 Å². The molecule has 1 rings (SSSR count). The van der Waals surface area contributed by atoms with E-state index in [-0.39, 0.29) is 17.4 Å². The molecule has 4 N–H and O–H groups in total. The summed E-state index contributed by atoms with van der Waals surface area (Å²) >= 11 is 0. The molecule has 1 aliphatic heterocycles. The van der Waals surface area contributed by atoms with E-state index in [0.29, 0.717) is 12.5 Å². The molecule has 2 unspecified atom stereocenters. The largest absolute Gasteiger partial charge is 0.342 e. The predicted octanol–water partition coefficient (Wildman–Crippen LogP) is 1.34. The molecular formula is C14H29N3O. The van der Waals surface area contributed by atoms with Crippen molar-refractivity contribution in [1.82, 2.24) is 4.90 Å². The smallest absolute Gasteiger partial charge is 0.230 e. The van der Waals surface area contributed by atoms with Crippen molar-refractivity contribution in [1.29, 1.82) is 0 Å². The van der Waals surface area contributed by atoms with Crippen LogP contribution >= 0.6 is 0 Å². The lowest BCUT2D eigenvalue weighted by Crippen LogP contribution is -2.52. The highest BCUT2D eigenvalue weighted by atomic mass is 16.2. The lowest BCUT2D eigenvalue weighted by atomic mass is 9.80. The topological polar surface area (TPSA) is 72.4 Å². The Morgan fingerprint density at radius 1 is 1.44 bits per heavy atom. The summed E-state index contributed by atoms with van der Waals surface area (Å²) in [5, 5.41) is 0. The molecule has 0 aliphatic carbocycles. The van der Waals surface area contributed by atoms with E-state index >= 15 is 0 Å². The van der Waals surface area contributed by atoms with Crippen LogP contribution in [0.25, 0.3) is 0 Å². The van der Waals surface area contributed by atoms with Gasteiger partial charge in [-0.15, -0.1) is 0 Å². The Morgan fingerprint density at radius 3 is 2.50 bits per heavy atom. The third-order valence-electron chi connectivity index (χ3n) is 4.69. The van der Waals surface area contributed by atoms with E-state index in [4.69, 9.17) is 11.5 Å². The fraction of sp³-hybridized carbons (Fsp3) is 0.929. The van der Waals surface area contributed by atoms with Gasteiger partial charge in [-0.05, 0) is 38.5 Å². The quantitative estimate of drug-likeness (QED) is 0.778. The van der Waals surface area contributed by atoms with E-state index in [9.17, 15) is 4.79 Å². The van der Waals surface area contributed by atoms with Crippen LogP contribution in [0.4, 0.5) is 0 Å². The Hall–Kier alpha value is -0.610. The third-order valence-corrected chi connectivity index (χ3v) is 4.69. The Morgan fingerprint density at radius 2 is 2.06 bits per heavy atom. The monoisotopic (exact) mass is 255 g/mol. The molecule has 106 valence electrons. The molecule has 0 saturated carbocycles. The van der Waals surface area contributed by atoms with Gasteiger partial charge < -0.3 is 16.4 Å². The Bertz CT molecular complexity index is 266. The van der Waals surface area contributed by atoms with Gasteiger partial charge in [-0.2, -0.15) is 0 Å². The lowest BCUT2D eigenvalue weighted by Gasteiger charge is -2.40. The number of amides is 1. The molecule has 2 atom stereocenters. The summed E-state index contributed by atoms with van der Waals surface area (Å²) in [7, 11) is 0. The summed E-state index contributed by atoms with van der Waals surface area (Å²) in [6, 6.07) is 0.163. The Kier molecular flexibility index (Phi) is 5.60. The average molecular weight is 255 g/mol. The average Bonchev–Trinajstić information content (AvgIpc) is 2.41. The van der Waals surface area contributed by atoms with Gasteiger partial charge in [0, 0.05) is 25.7 Å². The van der Waals surface area contributed by atoms with E-state index in [1.165, 1.54) is 0 Å². The van der Waals surface area contributed by atoms with Crippen LogP contribution in [-0.4, -0.2) is 36.5 Å². The zero-order valence-electron chi connectivity index (χ0n) is 12.1. The number of carbonyl (C=O) groups is 1. The number of nitrogens with two attached hydrogens (primary N) is 2. The third kappa shape index (κ3) is 3.04. The van der Waals surface area contributed by atoms with Crippen LogP contribution in [-0.2, 0) is 4.79 Å². The van der Waals surface area contributed by atoms with Gasteiger partial charge in [0.15, 0.2) is 0 Å². The summed E-state index contributed by atoms with van der Waals surface area (Å²) in [4.78, 5) is 14.7. The van der Waals surface area contributed by atoms with Gasteiger partial charge in [0.2, 0.25) is 5.91 Å². The number of nitrogens with zero attached hydrogens (tertiary/aromatic N) is 1. The number of carbonyl (C=O) groups excluding carboxylic acids is 1. The van der Waals surface area contributed by atoms with Crippen molar-refractivity contribution < 1.29 is 4.79 Å². The van der Waals surface area contributed by atoms with Gasteiger partial charge in [0.25, 0.3) is 0 Å². The second kappa shape index (κ2) is 6.53. The van der Waals surface area contributed by atoms with Crippen LogP contribution in [0.5, 0.6) is 0 Å². The van der Waals surface area contributed by atoms with Crippen molar-refractivity contribution >= 4 is 5.91 Å². The molecule has 0 aromatic carbocycles. The van der Waals surface area contributed by atoms with Crippen LogP contribution in [0.2, 0.25) is 0 Å². The normalized spacial score (nSPS) is 22.9. The van der Waals surface area contributed by atoms with Crippen molar-refractivity contribution in [2.75, 3.05) is 19.6 Å². The highest BCUT2D eigenvalue weighted by Gasteiger charge is 2.38. The molecular weight excluding hydrogens is 226 g/mol. The van der Waals surface area contributed by atoms with E-state index < -0.39 is 0 Å². The first-order valence-electron chi connectivity index (χ1n) is 7.25. The van der Waals surface area contributed by atoms with Crippen molar-refractivity contribution in [2.24, 2.45) is 22.8 Å². The van der Waals surface area contributed by atoms with Crippen molar-refractivity contribution in [3.63, 3.8) is 0 Å². The van der Waals surface area contributed by atoms with Gasteiger partial charge >= 0.3 is 0 Å². The maximum Gasteiger partial charge on any atom is 0.230 e.